The molecule has 0 aliphatic carbocycles. The number of halogens is 1. The Hall–Kier alpha value is -2.25. The van der Waals surface area contributed by atoms with Crippen molar-refractivity contribution in [2.24, 2.45) is 11.3 Å². The summed E-state index contributed by atoms with van der Waals surface area (Å²) in [4.78, 5) is 35.4. The van der Waals surface area contributed by atoms with Crippen molar-refractivity contribution in [3.63, 3.8) is 0 Å². The van der Waals surface area contributed by atoms with Crippen molar-refractivity contribution in [2.45, 2.75) is 0 Å². The summed E-state index contributed by atoms with van der Waals surface area (Å²) in [6.07, 6.45) is 1.49. The first kappa shape index (κ1) is 17.6. The van der Waals surface area contributed by atoms with Crippen LogP contribution in [-0.4, -0.2) is 60.2 Å². The van der Waals surface area contributed by atoms with Crippen molar-refractivity contribution in [3.05, 3.63) is 36.2 Å². The van der Waals surface area contributed by atoms with Gasteiger partial charge in [0.05, 0.1) is 37.6 Å². The van der Waals surface area contributed by atoms with E-state index in [0.29, 0.717) is 18.7 Å². The van der Waals surface area contributed by atoms with Crippen molar-refractivity contribution >= 4 is 35.3 Å². The number of nitrogens with zero attached hydrogens (tertiary/aromatic N) is 3. The highest BCUT2D eigenvalue weighted by molar-refractivity contribution is 5.95. The van der Waals surface area contributed by atoms with Gasteiger partial charge in [-0.05, 0) is 12.1 Å². The third-order valence-electron chi connectivity index (χ3n) is 4.92. The Morgan fingerprint density at radius 2 is 2.08 bits per heavy atom. The predicted molar refractivity (Wildman–Crippen MR) is 91.4 cm³/mol. The van der Waals surface area contributed by atoms with Crippen molar-refractivity contribution in [3.8, 4) is 0 Å². The van der Waals surface area contributed by atoms with Gasteiger partial charge >= 0.3 is 5.97 Å². The first-order chi connectivity index (χ1) is 11.6. The number of hydrogen-bond acceptors (Lipinski definition) is 6. The van der Waals surface area contributed by atoms with Gasteiger partial charge in [0.2, 0.25) is 0 Å². The summed E-state index contributed by atoms with van der Waals surface area (Å²) in [5, 5.41) is 0. The van der Waals surface area contributed by atoms with E-state index in [-0.39, 0.29) is 49.0 Å². The Morgan fingerprint density at radius 3 is 2.84 bits per heavy atom. The highest BCUT2D eigenvalue weighted by atomic mass is 35.5. The van der Waals surface area contributed by atoms with E-state index in [9.17, 15) is 9.59 Å². The molecule has 2 aliphatic heterocycles. The molecule has 2 aliphatic rings. The molecule has 2 saturated heterocycles. The molecule has 0 N–H and O–H groups in total. The number of para-hydroxylation sites is 2. The van der Waals surface area contributed by atoms with E-state index in [0.717, 1.165) is 5.52 Å². The van der Waals surface area contributed by atoms with E-state index in [2.05, 4.69) is 9.97 Å². The number of ether oxygens (including phenoxy) is 2. The molecule has 1 aromatic carbocycles. The molecule has 0 spiro atoms. The molecule has 1 amide bonds. The van der Waals surface area contributed by atoms with Crippen LogP contribution in [0.2, 0.25) is 0 Å². The molecule has 1 aromatic heterocycles. The number of hydrogen-bond donors (Lipinski definition) is 0. The van der Waals surface area contributed by atoms with Crippen molar-refractivity contribution in [1.29, 1.82) is 0 Å². The van der Waals surface area contributed by atoms with Gasteiger partial charge in [0.1, 0.15) is 11.1 Å². The predicted octanol–water partition coefficient (Wildman–Crippen LogP) is 1.31. The van der Waals surface area contributed by atoms with Crippen LogP contribution in [0.5, 0.6) is 0 Å². The summed E-state index contributed by atoms with van der Waals surface area (Å²) < 4.78 is 10.4. The number of carbonyl (C=O) groups is 2. The molecule has 2 fully saturated rings. The van der Waals surface area contributed by atoms with Crippen LogP contribution in [0.25, 0.3) is 11.0 Å². The van der Waals surface area contributed by atoms with Gasteiger partial charge < -0.3 is 14.4 Å². The van der Waals surface area contributed by atoms with Crippen LogP contribution < -0.4 is 0 Å². The zero-order chi connectivity index (χ0) is 16.7. The van der Waals surface area contributed by atoms with Crippen LogP contribution in [0.3, 0.4) is 0 Å². The van der Waals surface area contributed by atoms with Gasteiger partial charge in [0.25, 0.3) is 5.91 Å². The molecular formula is C17H18ClN3O4. The largest absolute Gasteiger partial charge is 0.468 e. The lowest BCUT2D eigenvalue weighted by molar-refractivity contribution is -0.153. The second kappa shape index (κ2) is 6.57. The third kappa shape index (κ3) is 2.73. The van der Waals surface area contributed by atoms with Crippen LogP contribution in [0, 0.1) is 11.3 Å². The van der Waals surface area contributed by atoms with Gasteiger partial charge in [-0.1, -0.05) is 12.1 Å². The average Bonchev–Trinajstić information content (AvgIpc) is 3.18. The van der Waals surface area contributed by atoms with Gasteiger partial charge in [-0.15, -0.1) is 12.4 Å². The van der Waals surface area contributed by atoms with Crippen LogP contribution in [0.1, 0.15) is 10.5 Å². The van der Waals surface area contributed by atoms with Crippen LogP contribution >= 0.6 is 12.4 Å². The summed E-state index contributed by atoms with van der Waals surface area (Å²) in [6.45, 7) is 1.50. The Bertz CT molecular complexity index is 830. The number of benzene rings is 1. The van der Waals surface area contributed by atoms with Crippen molar-refractivity contribution < 1.29 is 19.1 Å². The molecule has 7 nitrogen and oxygen atoms in total. The maximum Gasteiger partial charge on any atom is 0.316 e. The summed E-state index contributed by atoms with van der Waals surface area (Å²) in [5.41, 5.74) is 0.949. The minimum atomic E-state index is -0.755. The minimum Gasteiger partial charge on any atom is -0.468 e. The Labute approximate surface area is 150 Å². The number of esters is 1. The molecule has 25 heavy (non-hydrogen) atoms. The van der Waals surface area contributed by atoms with E-state index in [1.165, 1.54) is 13.3 Å². The quantitative estimate of drug-likeness (QED) is 0.748. The monoisotopic (exact) mass is 363 g/mol. The highest BCUT2D eigenvalue weighted by Gasteiger charge is 2.57. The number of amides is 1. The number of fused-ring (bicyclic) bond motifs is 2. The summed E-state index contributed by atoms with van der Waals surface area (Å²) in [7, 11) is 1.37. The Balaban J connectivity index is 0.00000182. The first-order valence-corrected chi connectivity index (χ1v) is 7.81. The van der Waals surface area contributed by atoms with Crippen LogP contribution in [0.4, 0.5) is 0 Å². The van der Waals surface area contributed by atoms with Gasteiger partial charge in [0.15, 0.2) is 0 Å². The lowest BCUT2D eigenvalue weighted by Crippen LogP contribution is -2.41. The summed E-state index contributed by atoms with van der Waals surface area (Å²) >= 11 is 0. The average molecular weight is 364 g/mol. The number of likely N-dealkylation sites (tertiary alicyclic amines) is 1. The SMILES string of the molecule is COC(=O)[C@@]12COC[C@@H]1CN(C(=O)c1cnc3ccccc3n1)C2.Cl. The van der Waals surface area contributed by atoms with Gasteiger partial charge in [-0.3, -0.25) is 14.6 Å². The summed E-state index contributed by atoms with van der Waals surface area (Å²) in [6, 6.07) is 7.40. The molecule has 2 atom stereocenters. The van der Waals surface area contributed by atoms with E-state index in [1.54, 1.807) is 4.90 Å². The molecule has 3 heterocycles. The zero-order valence-corrected chi connectivity index (χ0v) is 14.5. The standard InChI is InChI=1S/C17H17N3O4.ClH/c1-23-16(22)17-9-20(7-11(17)8-24-10-17)15(21)14-6-18-12-4-2-3-5-13(12)19-14;/h2-6,11H,7-10H2,1H3;1H/t11-,17-;/m0./s1. The molecule has 0 unspecified atom stereocenters. The fourth-order valence-corrected chi connectivity index (χ4v) is 3.60. The van der Waals surface area contributed by atoms with Gasteiger partial charge in [-0.2, -0.15) is 0 Å². The smallest absolute Gasteiger partial charge is 0.316 e. The molecule has 8 heteroatoms. The van der Waals surface area contributed by atoms with Crippen molar-refractivity contribution in [2.75, 3.05) is 33.4 Å². The Kier molecular flexibility index (Phi) is 4.62. The zero-order valence-electron chi connectivity index (χ0n) is 13.7. The first-order valence-electron chi connectivity index (χ1n) is 7.81. The number of rotatable bonds is 2. The second-order valence-corrected chi connectivity index (χ2v) is 6.29. The van der Waals surface area contributed by atoms with Crippen LogP contribution in [0.15, 0.2) is 30.5 Å². The van der Waals surface area contributed by atoms with E-state index < -0.39 is 5.41 Å². The minimum absolute atomic E-state index is 0. The summed E-state index contributed by atoms with van der Waals surface area (Å²) in [5.74, 6) is -0.571. The molecular weight excluding hydrogens is 346 g/mol. The third-order valence-corrected chi connectivity index (χ3v) is 4.92. The fourth-order valence-electron chi connectivity index (χ4n) is 3.60. The lowest BCUT2D eigenvalue weighted by atomic mass is 9.81. The molecule has 132 valence electrons. The highest BCUT2D eigenvalue weighted by Crippen LogP contribution is 2.42. The molecule has 0 radical (unpaired) electrons. The lowest BCUT2D eigenvalue weighted by Gasteiger charge is -2.23. The molecule has 0 saturated carbocycles. The number of carbonyl (C=O) groups excluding carboxylic acids is 2. The van der Waals surface area contributed by atoms with Gasteiger partial charge in [0, 0.05) is 19.0 Å². The fraction of sp³-hybridized carbons (Fsp3) is 0.412. The number of methoxy groups -OCH3 is 1. The molecule has 4 rings (SSSR count). The Morgan fingerprint density at radius 1 is 1.32 bits per heavy atom. The van der Waals surface area contributed by atoms with E-state index in [1.807, 2.05) is 24.3 Å². The van der Waals surface area contributed by atoms with E-state index in [4.69, 9.17) is 9.47 Å². The van der Waals surface area contributed by atoms with Crippen molar-refractivity contribution in [1.82, 2.24) is 14.9 Å². The second-order valence-electron chi connectivity index (χ2n) is 6.29. The van der Waals surface area contributed by atoms with Crippen LogP contribution in [-0.2, 0) is 14.3 Å². The number of aromatic nitrogens is 2. The maximum absolute atomic E-state index is 12.8. The molecule has 2 aromatic rings. The molecule has 0 bridgehead atoms. The topological polar surface area (TPSA) is 81.6 Å². The van der Waals surface area contributed by atoms with E-state index >= 15 is 0 Å². The van der Waals surface area contributed by atoms with Gasteiger partial charge in [-0.25, -0.2) is 4.98 Å². The normalized spacial score (nSPS) is 24.7. The maximum atomic E-state index is 12.8.